The summed E-state index contributed by atoms with van der Waals surface area (Å²) in [4.78, 5) is 23.2. The van der Waals surface area contributed by atoms with Crippen molar-refractivity contribution in [3.05, 3.63) is 19.2 Å². The van der Waals surface area contributed by atoms with E-state index in [1.54, 1.807) is 6.92 Å². The van der Waals surface area contributed by atoms with E-state index in [-0.39, 0.29) is 50.4 Å². The maximum Gasteiger partial charge on any atom is 0.231 e. The summed E-state index contributed by atoms with van der Waals surface area (Å²) in [7, 11) is 0. The molecule has 63 valence electrons. The molecular formula is C8H10NO2Y-. The van der Waals surface area contributed by atoms with Gasteiger partial charge in [-0.2, -0.15) is 0 Å². The molecule has 0 N–H and O–H groups in total. The van der Waals surface area contributed by atoms with Crippen molar-refractivity contribution in [2.45, 2.75) is 13.3 Å². The molecule has 0 bridgehead atoms. The fourth-order valence-electron chi connectivity index (χ4n) is 1.00. The van der Waals surface area contributed by atoms with Gasteiger partial charge >= 0.3 is 0 Å². The first-order valence-corrected chi connectivity index (χ1v) is 3.49. The Morgan fingerprint density at radius 1 is 1.67 bits per heavy atom. The first-order valence-electron chi connectivity index (χ1n) is 3.49. The van der Waals surface area contributed by atoms with Gasteiger partial charge in [-0.3, -0.25) is 9.69 Å². The number of carbonyl (C=O) groups excluding carboxylic acids is 2. The summed E-state index contributed by atoms with van der Waals surface area (Å²) in [5.74, 6) is -0.513. The van der Waals surface area contributed by atoms with Gasteiger partial charge in [-0.25, -0.2) is 0 Å². The van der Waals surface area contributed by atoms with E-state index in [2.05, 4.69) is 6.58 Å². The Labute approximate surface area is 97.1 Å². The van der Waals surface area contributed by atoms with Gasteiger partial charge < -0.3 is 11.2 Å². The van der Waals surface area contributed by atoms with Crippen molar-refractivity contribution in [3.8, 4) is 0 Å². The van der Waals surface area contributed by atoms with Crippen molar-refractivity contribution in [1.29, 1.82) is 0 Å². The van der Waals surface area contributed by atoms with Crippen LogP contribution in [0.25, 0.3) is 0 Å². The van der Waals surface area contributed by atoms with Crippen LogP contribution in [0, 0.1) is 12.3 Å². The largest absolute Gasteiger partial charge is 0.310 e. The molecule has 0 aromatic carbocycles. The first-order chi connectivity index (χ1) is 5.16. The number of rotatable bonds is 1. The van der Waals surface area contributed by atoms with Gasteiger partial charge in [0, 0.05) is 44.8 Å². The molecule has 12 heavy (non-hydrogen) atoms. The number of likely N-dealkylation sites (tertiary alicyclic amines) is 1. The summed E-state index contributed by atoms with van der Waals surface area (Å²) in [5, 5.41) is 0. The topological polar surface area (TPSA) is 37.4 Å². The molecule has 0 aliphatic carbocycles. The van der Waals surface area contributed by atoms with E-state index in [9.17, 15) is 9.59 Å². The van der Waals surface area contributed by atoms with Crippen LogP contribution >= 0.6 is 0 Å². The van der Waals surface area contributed by atoms with E-state index in [1.807, 2.05) is 0 Å². The Morgan fingerprint density at radius 2 is 2.25 bits per heavy atom. The van der Waals surface area contributed by atoms with Crippen molar-refractivity contribution >= 4 is 11.8 Å². The third-order valence-corrected chi connectivity index (χ3v) is 1.73. The number of amides is 2. The van der Waals surface area contributed by atoms with Gasteiger partial charge in [-0.05, 0) is 0 Å². The maximum atomic E-state index is 11.2. The SMILES string of the molecule is C=CN1C(=O)[CH-]CC(C)C1=O.[Y]. The molecular weight excluding hydrogens is 231 g/mol. The summed E-state index contributed by atoms with van der Waals surface area (Å²) in [5.41, 5.74) is 0. The predicted molar refractivity (Wildman–Crippen MR) is 40.1 cm³/mol. The van der Waals surface area contributed by atoms with Crippen molar-refractivity contribution < 1.29 is 42.3 Å². The molecule has 0 aromatic heterocycles. The zero-order valence-electron chi connectivity index (χ0n) is 6.99. The molecule has 0 aromatic rings. The zero-order valence-corrected chi connectivity index (χ0v) is 9.83. The molecule has 1 radical (unpaired) electrons. The average Bonchev–Trinajstić information content (AvgIpc) is 1.99. The Bertz CT molecular complexity index is 215. The third-order valence-electron chi connectivity index (χ3n) is 1.73. The van der Waals surface area contributed by atoms with Crippen molar-refractivity contribution in [3.63, 3.8) is 0 Å². The maximum absolute atomic E-state index is 11.2. The van der Waals surface area contributed by atoms with E-state index in [0.29, 0.717) is 6.42 Å². The van der Waals surface area contributed by atoms with Crippen LogP contribution in [0.3, 0.4) is 0 Å². The van der Waals surface area contributed by atoms with E-state index in [0.717, 1.165) is 4.90 Å². The fourth-order valence-corrected chi connectivity index (χ4v) is 1.00. The zero-order chi connectivity index (χ0) is 8.43. The van der Waals surface area contributed by atoms with Gasteiger partial charge in [-0.15, -0.1) is 6.42 Å². The van der Waals surface area contributed by atoms with Crippen LogP contribution in [0.2, 0.25) is 0 Å². The second kappa shape index (κ2) is 4.78. The first kappa shape index (κ1) is 11.9. The second-order valence-electron chi connectivity index (χ2n) is 2.57. The van der Waals surface area contributed by atoms with Gasteiger partial charge in [0.25, 0.3) is 0 Å². The quantitative estimate of drug-likeness (QED) is 0.501. The molecule has 1 aliphatic rings. The molecule has 1 unspecified atom stereocenters. The number of hydrogen-bond acceptors (Lipinski definition) is 2. The van der Waals surface area contributed by atoms with Crippen LogP contribution in [-0.2, 0) is 42.3 Å². The van der Waals surface area contributed by atoms with Crippen LogP contribution in [0.15, 0.2) is 12.8 Å². The molecule has 4 heteroatoms. The van der Waals surface area contributed by atoms with Gasteiger partial charge in [0.15, 0.2) is 0 Å². The number of piperidine rings is 1. The van der Waals surface area contributed by atoms with Crippen LogP contribution < -0.4 is 0 Å². The second-order valence-corrected chi connectivity index (χ2v) is 2.57. The molecule has 1 fully saturated rings. The summed E-state index contributed by atoms with van der Waals surface area (Å²) in [6.07, 6.45) is 3.31. The summed E-state index contributed by atoms with van der Waals surface area (Å²) in [6.45, 7) is 5.18. The molecule has 1 rings (SSSR count). The Hall–Kier alpha value is -0.146. The van der Waals surface area contributed by atoms with Crippen LogP contribution in [0.5, 0.6) is 0 Å². The van der Waals surface area contributed by atoms with Crippen LogP contribution in [-0.4, -0.2) is 16.7 Å². The van der Waals surface area contributed by atoms with E-state index >= 15 is 0 Å². The standard InChI is InChI=1S/C8H10NO2.Y/c1-3-9-7(10)5-4-6(2)8(9)11;/h3,5-6H,1,4H2,2H3;/q-1;. The summed E-state index contributed by atoms with van der Waals surface area (Å²) in [6, 6.07) is 0. The summed E-state index contributed by atoms with van der Waals surface area (Å²) < 4.78 is 0. The normalized spacial score (nSPS) is 22.8. The average molecular weight is 241 g/mol. The number of nitrogens with zero attached hydrogens (tertiary/aromatic N) is 1. The van der Waals surface area contributed by atoms with Crippen molar-refractivity contribution in [1.82, 2.24) is 4.90 Å². The monoisotopic (exact) mass is 241 g/mol. The molecule has 1 aliphatic heterocycles. The minimum absolute atomic E-state index is 0. The number of imide groups is 1. The Kier molecular flexibility index (Phi) is 4.72. The van der Waals surface area contributed by atoms with Crippen molar-refractivity contribution in [2.24, 2.45) is 5.92 Å². The fraction of sp³-hybridized carbons (Fsp3) is 0.375. The van der Waals surface area contributed by atoms with Crippen molar-refractivity contribution in [2.75, 3.05) is 0 Å². The van der Waals surface area contributed by atoms with Gasteiger partial charge in [0.05, 0.1) is 5.91 Å². The van der Waals surface area contributed by atoms with E-state index in [4.69, 9.17) is 0 Å². The minimum Gasteiger partial charge on any atom is -0.310 e. The van der Waals surface area contributed by atoms with Gasteiger partial charge in [-0.1, -0.05) is 13.5 Å². The smallest absolute Gasteiger partial charge is 0.231 e. The molecule has 0 spiro atoms. The van der Waals surface area contributed by atoms with Gasteiger partial charge in [0.2, 0.25) is 5.91 Å². The van der Waals surface area contributed by atoms with Gasteiger partial charge in [0.1, 0.15) is 0 Å². The van der Waals surface area contributed by atoms with Crippen LogP contribution in [0.4, 0.5) is 0 Å². The van der Waals surface area contributed by atoms with E-state index in [1.165, 1.54) is 12.6 Å². The molecule has 3 nitrogen and oxygen atoms in total. The molecule has 0 saturated carbocycles. The minimum atomic E-state index is -0.261. The Morgan fingerprint density at radius 3 is 2.67 bits per heavy atom. The summed E-state index contributed by atoms with van der Waals surface area (Å²) >= 11 is 0. The third kappa shape index (κ3) is 2.17. The van der Waals surface area contributed by atoms with E-state index < -0.39 is 0 Å². The number of carbonyl (C=O) groups is 2. The molecule has 1 atom stereocenters. The predicted octanol–water partition coefficient (Wildman–Crippen LogP) is 0.727. The van der Waals surface area contributed by atoms with Crippen LogP contribution in [0.1, 0.15) is 13.3 Å². The molecule has 2 amide bonds. The Balaban J connectivity index is 0.00000121. The molecule has 1 saturated heterocycles. The number of hydrogen-bond donors (Lipinski definition) is 0. The molecule has 1 heterocycles.